The van der Waals surface area contributed by atoms with Gasteiger partial charge < -0.3 is 13.6 Å². The zero-order chi connectivity index (χ0) is 28.3. The molecule has 0 saturated carbocycles. The van der Waals surface area contributed by atoms with Crippen molar-refractivity contribution in [2.45, 2.75) is 117 Å². The molecule has 0 N–H and O–H groups in total. The second kappa shape index (κ2) is 19.5. The Balaban J connectivity index is 1.62. The van der Waals surface area contributed by atoms with Crippen LogP contribution in [0.3, 0.4) is 0 Å². The molecule has 218 valence electrons. The monoisotopic (exact) mass is 562 g/mol. The molecule has 3 nitrogen and oxygen atoms in total. The smallest absolute Gasteiger partial charge is 0.409 e. The number of aryl methyl sites for hydroxylation is 3. The Kier molecular flexibility index (Phi) is 15.6. The van der Waals surface area contributed by atoms with Crippen LogP contribution in [-0.4, -0.2) is 0 Å². The van der Waals surface area contributed by atoms with Crippen molar-refractivity contribution in [2.75, 3.05) is 0 Å². The van der Waals surface area contributed by atoms with Gasteiger partial charge in [0.1, 0.15) is 17.2 Å². The van der Waals surface area contributed by atoms with Gasteiger partial charge in [-0.1, -0.05) is 115 Å². The van der Waals surface area contributed by atoms with Crippen LogP contribution < -0.4 is 13.6 Å². The van der Waals surface area contributed by atoms with Crippen molar-refractivity contribution in [1.29, 1.82) is 0 Å². The molecular weight excluding hydrogens is 511 g/mol. The predicted octanol–water partition coefficient (Wildman–Crippen LogP) is 11.8. The Morgan fingerprint density at radius 2 is 0.650 bits per heavy atom. The molecule has 0 saturated heterocycles. The normalized spacial score (nSPS) is 11.1. The molecular formula is C36H51O3P. The minimum Gasteiger partial charge on any atom is -0.409 e. The maximum Gasteiger partial charge on any atom is 0.530 e. The average molecular weight is 563 g/mol. The van der Waals surface area contributed by atoms with Crippen molar-refractivity contribution in [1.82, 2.24) is 0 Å². The van der Waals surface area contributed by atoms with E-state index in [-0.39, 0.29) is 0 Å². The van der Waals surface area contributed by atoms with Crippen LogP contribution in [0.15, 0.2) is 72.8 Å². The van der Waals surface area contributed by atoms with Crippen molar-refractivity contribution >= 4 is 8.60 Å². The van der Waals surface area contributed by atoms with Crippen molar-refractivity contribution < 1.29 is 13.6 Å². The van der Waals surface area contributed by atoms with Gasteiger partial charge in [0.2, 0.25) is 0 Å². The maximum absolute atomic E-state index is 6.28. The SMILES string of the molecule is CCCCCCc1ccc(OP(Oc2ccc(CCCCCC)cc2)Oc2ccc(CCCCCC)cc2)cc1. The van der Waals surface area contributed by atoms with E-state index in [0.717, 1.165) is 36.5 Å². The van der Waals surface area contributed by atoms with Gasteiger partial charge in [0.15, 0.2) is 0 Å². The minimum absolute atomic E-state index is 0.767. The predicted molar refractivity (Wildman–Crippen MR) is 172 cm³/mol. The molecule has 0 radical (unpaired) electrons. The van der Waals surface area contributed by atoms with Crippen molar-refractivity contribution in [3.05, 3.63) is 89.5 Å². The lowest BCUT2D eigenvalue weighted by Gasteiger charge is -2.18. The fourth-order valence-corrected chi connectivity index (χ4v) is 5.73. The molecule has 0 aromatic heterocycles. The summed E-state index contributed by atoms with van der Waals surface area (Å²) >= 11 is 0. The van der Waals surface area contributed by atoms with Crippen LogP contribution in [0.4, 0.5) is 0 Å². The highest BCUT2D eigenvalue weighted by atomic mass is 31.2. The topological polar surface area (TPSA) is 27.7 Å². The molecule has 0 spiro atoms. The van der Waals surface area contributed by atoms with E-state index in [1.54, 1.807) is 0 Å². The fourth-order valence-electron chi connectivity index (χ4n) is 4.73. The Bertz CT molecular complexity index is 894. The van der Waals surface area contributed by atoms with E-state index >= 15 is 0 Å². The molecule has 3 rings (SSSR count). The third kappa shape index (κ3) is 12.8. The van der Waals surface area contributed by atoms with E-state index < -0.39 is 8.60 Å². The summed E-state index contributed by atoms with van der Waals surface area (Å²) < 4.78 is 18.9. The maximum atomic E-state index is 6.28. The lowest BCUT2D eigenvalue weighted by Crippen LogP contribution is -2.03. The average Bonchev–Trinajstić information content (AvgIpc) is 2.98. The molecule has 0 amide bonds. The number of unbranched alkanes of at least 4 members (excludes halogenated alkanes) is 9. The van der Waals surface area contributed by atoms with Gasteiger partial charge in [-0.3, -0.25) is 0 Å². The Morgan fingerprint density at radius 3 is 0.900 bits per heavy atom. The van der Waals surface area contributed by atoms with Gasteiger partial charge in [0, 0.05) is 0 Å². The van der Waals surface area contributed by atoms with Crippen LogP contribution in [0.25, 0.3) is 0 Å². The van der Waals surface area contributed by atoms with Gasteiger partial charge in [0.05, 0.1) is 0 Å². The Hall–Kier alpha value is -2.51. The van der Waals surface area contributed by atoms with Gasteiger partial charge in [-0.15, -0.1) is 0 Å². The highest BCUT2D eigenvalue weighted by Gasteiger charge is 2.20. The largest absolute Gasteiger partial charge is 0.530 e. The first-order chi connectivity index (χ1) is 19.7. The molecule has 0 atom stereocenters. The molecule has 0 unspecified atom stereocenters. The highest BCUT2D eigenvalue weighted by Crippen LogP contribution is 2.42. The summed E-state index contributed by atoms with van der Waals surface area (Å²) in [5.41, 5.74) is 4.04. The molecule has 0 aliphatic heterocycles. The number of rotatable bonds is 21. The molecule has 0 heterocycles. The van der Waals surface area contributed by atoms with E-state index in [0.29, 0.717) is 0 Å². The summed E-state index contributed by atoms with van der Waals surface area (Å²) in [7, 11) is -1.67. The summed E-state index contributed by atoms with van der Waals surface area (Å²) in [6.07, 6.45) is 18.6. The number of hydrogen-bond acceptors (Lipinski definition) is 3. The van der Waals surface area contributed by atoms with Crippen LogP contribution in [0.2, 0.25) is 0 Å². The quantitative estimate of drug-likeness (QED) is 0.0954. The summed E-state index contributed by atoms with van der Waals surface area (Å²) in [6.45, 7) is 6.75. The van der Waals surface area contributed by atoms with Gasteiger partial charge in [-0.25, -0.2) is 0 Å². The third-order valence-corrected chi connectivity index (χ3v) is 8.35. The van der Waals surface area contributed by atoms with Gasteiger partial charge in [0.25, 0.3) is 0 Å². The van der Waals surface area contributed by atoms with Crippen LogP contribution in [0.5, 0.6) is 17.2 Å². The first-order valence-electron chi connectivity index (χ1n) is 15.8. The molecule has 0 fully saturated rings. The molecule has 3 aromatic rings. The van der Waals surface area contributed by atoms with Gasteiger partial charge >= 0.3 is 8.60 Å². The summed E-state index contributed by atoms with van der Waals surface area (Å²) in [5, 5.41) is 0. The molecule has 3 aromatic carbocycles. The lowest BCUT2D eigenvalue weighted by molar-refractivity contribution is 0.388. The molecule has 4 heteroatoms. The van der Waals surface area contributed by atoms with Crippen LogP contribution in [0.1, 0.15) is 115 Å². The Labute approximate surface area is 245 Å². The minimum atomic E-state index is -1.67. The van der Waals surface area contributed by atoms with Crippen molar-refractivity contribution in [3.8, 4) is 17.2 Å². The first kappa shape index (κ1) is 32.0. The van der Waals surface area contributed by atoms with Gasteiger partial charge in [-0.2, -0.15) is 0 Å². The number of hydrogen-bond donors (Lipinski definition) is 0. The van der Waals surface area contributed by atoms with Gasteiger partial charge in [-0.05, 0) is 91.6 Å². The van der Waals surface area contributed by atoms with Crippen LogP contribution in [0, 0.1) is 0 Å². The van der Waals surface area contributed by atoms with Crippen LogP contribution in [-0.2, 0) is 19.3 Å². The standard InChI is InChI=1S/C36H51O3P/c1-4-7-10-13-16-31-19-25-34(26-20-31)37-40(38-35-27-21-32(22-28-35)17-14-11-8-5-2)39-36-29-23-33(24-30-36)18-15-12-9-6-3/h19-30H,4-18H2,1-3H3. The summed E-state index contributed by atoms with van der Waals surface area (Å²) in [6, 6.07) is 25.2. The molecule has 0 aliphatic rings. The summed E-state index contributed by atoms with van der Waals surface area (Å²) in [5.74, 6) is 2.30. The van der Waals surface area contributed by atoms with E-state index in [2.05, 4.69) is 57.2 Å². The van der Waals surface area contributed by atoms with E-state index in [4.69, 9.17) is 13.6 Å². The third-order valence-electron chi connectivity index (χ3n) is 7.27. The number of benzene rings is 3. The highest BCUT2D eigenvalue weighted by molar-refractivity contribution is 7.43. The zero-order valence-electron chi connectivity index (χ0n) is 25.2. The van der Waals surface area contributed by atoms with E-state index in [1.807, 2.05) is 36.4 Å². The van der Waals surface area contributed by atoms with Crippen molar-refractivity contribution in [3.63, 3.8) is 0 Å². The lowest BCUT2D eigenvalue weighted by atomic mass is 10.1. The molecule has 40 heavy (non-hydrogen) atoms. The van der Waals surface area contributed by atoms with Crippen LogP contribution >= 0.6 is 8.60 Å². The summed E-state index contributed by atoms with van der Waals surface area (Å²) in [4.78, 5) is 0. The second-order valence-corrected chi connectivity index (χ2v) is 11.9. The Morgan fingerprint density at radius 1 is 0.375 bits per heavy atom. The molecule has 0 aliphatic carbocycles. The molecule has 0 bridgehead atoms. The van der Waals surface area contributed by atoms with Crippen molar-refractivity contribution in [2.24, 2.45) is 0 Å². The fraction of sp³-hybridized carbons (Fsp3) is 0.500. The van der Waals surface area contributed by atoms with E-state index in [9.17, 15) is 0 Å². The van der Waals surface area contributed by atoms with E-state index in [1.165, 1.54) is 93.7 Å². The second-order valence-electron chi connectivity index (χ2n) is 10.9. The zero-order valence-corrected chi connectivity index (χ0v) is 26.1. The first-order valence-corrected chi connectivity index (χ1v) is 16.9.